The summed E-state index contributed by atoms with van der Waals surface area (Å²) in [5.41, 5.74) is 1.38. The molecule has 0 bridgehead atoms. The first-order valence-electron chi connectivity index (χ1n) is 4.43. The summed E-state index contributed by atoms with van der Waals surface area (Å²) in [7, 11) is 0. The Morgan fingerprint density at radius 3 is 2.77 bits per heavy atom. The van der Waals surface area contributed by atoms with E-state index in [1.54, 1.807) is 0 Å². The first kappa shape index (κ1) is 8.52. The van der Waals surface area contributed by atoms with E-state index in [9.17, 15) is 0 Å². The van der Waals surface area contributed by atoms with Gasteiger partial charge in [-0.25, -0.2) is 0 Å². The SMILES string of the molecule is C/C=C\c1c(C)sc2ccccc12. The minimum absolute atomic E-state index is 1.38. The van der Waals surface area contributed by atoms with Gasteiger partial charge in [0.15, 0.2) is 0 Å². The van der Waals surface area contributed by atoms with Crippen molar-refractivity contribution in [3.8, 4) is 0 Å². The normalized spacial score (nSPS) is 11.5. The maximum atomic E-state index is 2.19. The third-order valence-corrected chi connectivity index (χ3v) is 3.25. The van der Waals surface area contributed by atoms with E-state index in [1.165, 1.54) is 20.5 Å². The topological polar surface area (TPSA) is 0 Å². The van der Waals surface area contributed by atoms with Crippen LogP contribution in [0.4, 0.5) is 0 Å². The fourth-order valence-electron chi connectivity index (χ4n) is 1.56. The smallest absolute Gasteiger partial charge is 0.0351 e. The van der Waals surface area contributed by atoms with Crippen LogP contribution in [0.25, 0.3) is 16.2 Å². The predicted molar refractivity (Wildman–Crippen MR) is 61.3 cm³/mol. The summed E-state index contributed by atoms with van der Waals surface area (Å²) in [6.45, 7) is 4.24. The lowest BCUT2D eigenvalue weighted by molar-refractivity contribution is 1.61. The molecule has 0 unspecified atom stereocenters. The number of hydrogen-bond acceptors (Lipinski definition) is 1. The van der Waals surface area contributed by atoms with E-state index in [0.717, 1.165) is 0 Å². The number of benzene rings is 1. The lowest BCUT2D eigenvalue weighted by atomic mass is 10.1. The lowest BCUT2D eigenvalue weighted by Gasteiger charge is -1.91. The van der Waals surface area contributed by atoms with Gasteiger partial charge in [-0.2, -0.15) is 0 Å². The second kappa shape index (κ2) is 3.35. The molecule has 0 saturated carbocycles. The predicted octanol–water partition coefficient (Wildman–Crippen LogP) is 4.24. The van der Waals surface area contributed by atoms with Crippen molar-refractivity contribution in [1.29, 1.82) is 0 Å². The van der Waals surface area contributed by atoms with Crippen LogP contribution in [-0.2, 0) is 0 Å². The van der Waals surface area contributed by atoms with E-state index in [4.69, 9.17) is 0 Å². The molecule has 0 amide bonds. The molecule has 2 rings (SSSR count). The number of allylic oxidation sites excluding steroid dienone is 1. The van der Waals surface area contributed by atoms with Crippen LogP contribution < -0.4 is 0 Å². The molecule has 0 radical (unpaired) electrons. The van der Waals surface area contributed by atoms with Crippen molar-refractivity contribution in [3.63, 3.8) is 0 Å². The van der Waals surface area contributed by atoms with Crippen molar-refractivity contribution in [2.24, 2.45) is 0 Å². The third-order valence-electron chi connectivity index (χ3n) is 2.15. The van der Waals surface area contributed by atoms with Crippen molar-refractivity contribution in [2.75, 3.05) is 0 Å². The highest BCUT2D eigenvalue weighted by Crippen LogP contribution is 2.31. The van der Waals surface area contributed by atoms with Gasteiger partial charge in [0.05, 0.1) is 0 Å². The molecule has 0 aliphatic rings. The maximum absolute atomic E-state index is 2.19. The van der Waals surface area contributed by atoms with E-state index < -0.39 is 0 Å². The molecule has 1 heteroatoms. The zero-order chi connectivity index (χ0) is 9.26. The lowest BCUT2D eigenvalue weighted by Crippen LogP contribution is -1.70. The fourth-order valence-corrected chi connectivity index (χ4v) is 2.61. The van der Waals surface area contributed by atoms with Crippen molar-refractivity contribution in [1.82, 2.24) is 0 Å². The number of hydrogen-bond donors (Lipinski definition) is 0. The fraction of sp³-hybridized carbons (Fsp3) is 0.167. The van der Waals surface area contributed by atoms with Gasteiger partial charge >= 0.3 is 0 Å². The molecule has 1 heterocycles. The Bertz CT molecular complexity index is 449. The highest BCUT2D eigenvalue weighted by Gasteiger charge is 2.03. The minimum Gasteiger partial charge on any atom is -0.140 e. The second-order valence-corrected chi connectivity index (χ2v) is 4.32. The molecule has 0 fully saturated rings. The van der Waals surface area contributed by atoms with Crippen LogP contribution in [0, 0.1) is 6.92 Å². The van der Waals surface area contributed by atoms with Crippen molar-refractivity contribution >= 4 is 27.5 Å². The average molecular weight is 188 g/mol. The Morgan fingerprint density at radius 1 is 1.23 bits per heavy atom. The Balaban J connectivity index is 2.78. The molecule has 0 saturated heterocycles. The highest BCUT2D eigenvalue weighted by atomic mass is 32.1. The summed E-state index contributed by atoms with van der Waals surface area (Å²) in [5.74, 6) is 0. The molecule has 66 valence electrons. The Hall–Kier alpha value is -1.08. The zero-order valence-corrected chi connectivity index (χ0v) is 8.69. The highest BCUT2D eigenvalue weighted by molar-refractivity contribution is 7.19. The van der Waals surface area contributed by atoms with Crippen LogP contribution in [-0.4, -0.2) is 0 Å². The molecule has 0 N–H and O–H groups in total. The summed E-state index contributed by atoms with van der Waals surface area (Å²) >= 11 is 1.87. The van der Waals surface area contributed by atoms with Crippen LogP contribution >= 0.6 is 11.3 Å². The van der Waals surface area contributed by atoms with Gasteiger partial charge in [-0.15, -0.1) is 11.3 Å². The number of aryl methyl sites for hydroxylation is 1. The van der Waals surface area contributed by atoms with Gasteiger partial charge in [0.1, 0.15) is 0 Å². The maximum Gasteiger partial charge on any atom is 0.0351 e. The summed E-state index contributed by atoms with van der Waals surface area (Å²) in [5, 5.41) is 1.38. The van der Waals surface area contributed by atoms with Crippen LogP contribution in [0.15, 0.2) is 30.3 Å². The summed E-state index contributed by atoms with van der Waals surface area (Å²) in [4.78, 5) is 1.40. The van der Waals surface area contributed by atoms with Crippen LogP contribution in [0.1, 0.15) is 17.4 Å². The summed E-state index contributed by atoms with van der Waals surface area (Å²) in [6.07, 6.45) is 4.29. The number of thiophene rings is 1. The number of rotatable bonds is 1. The standard InChI is InChI=1S/C12H12S/c1-3-6-10-9(2)13-12-8-5-4-7-11(10)12/h3-8H,1-2H3/b6-3-. The largest absolute Gasteiger partial charge is 0.140 e. The van der Waals surface area contributed by atoms with Gasteiger partial charge in [0.25, 0.3) is 0 Å². The van der Waals surface area contributed by atoms with E-state index in [1.807, 2.05) is 11.3 Å². The van der Waals surface area contributed by atoms with E-state index >= 15 is 0 Å². The Morgan fingerprint density at radius 2 is 2.00 bits per heavy atom. The Kier molecular flexibility index (Phi) is 2.19. The first-order valence-corrected chi connectivity index (χ1v) is 5.25. The van der Waals surface area contributed by atoms with Gasteiger partial charge in [-0.05, 0) is 30.9 Å². The zero-order valence-electron chi connectivity index (χ0n) is 7.87. The summed E-state index contributed by atoms with van der Waals surface area (Å²) in [6, 6.07) is 8.56. The molecule has 2 aromatic rings. The molecule has 0 spiro atoms. The molecule has 0 aliphatic carbocycles. The molecular formula is C12H12S. The van der Waals surface area contributed by atoms with E-state index in [0.29, 0.717) is 0 Å². The average Bonchev–Trinajstić information content (AvgIpc) is 2.44. The van der Waals surface area contributed by atoms with E-state index in [-0.39, 0.29) is 0 Å². The van der Waals surface area contributed by atoms with Crippen molar-refractivity contribution in [3.05, 3.63) is 40.8 Å². The van der Waals surface area contributed by atoms with Gasteiger partial charge in [-0.3, -0.25) is 0 Å². The molecule has 0 aliphatic heterocycles. The summed E-state index contributed by atoms with van der Waals surface area (Å²) < 4.78 is 1.38. The van der Waals surface area contributed by atoms with Crippen LogP contribution in [0.2, 0.25) is 0 Å². The molecule has 1 aromatic heterocycles. The molecule has 0 nitrogen and oxygen atoms in total. The molecule has 1 aromatic carbocycles. The first-order chi connectivity index (χ1) is 6.33. The Labute approximate surface area is 82.5 Å². The molecule has 0 atom stereocenters. The van der Waals surface area contributed by atoms with Gasteiger partial charge < -0.3 is 0 Å². The number of fused-ring (bicyclic) bond motifs is 1. The van der Waals surface area contributed by atoms with Crippen LogP contribution in [0.5, 0.6) is 0 Å². The van der Waals surface area contributed by atoms with Gasteiger partial charge in [0.2, 0.25) is 0 Å². The van der Waals surface area contributed by atoms with E-state index in [2.05, 4.69) is 50.3 Å². The van der Waals surface area contributed by atoms with Gasteiger partial charge in [0, 0.05) is 9.58 Å². The molecular weight excluding hydrogens is 176 g/mol. The quantitative estimate of drug-likeness (QED) is 0.628. The van der Waals surface area contributed by atoms with Crippen molar-refractivity contribution in [2.45, 2.75) is 13.8 Å². The second-order valence-electron chi connectivity index (χ2n) is 3.07. The van der Waals surface area contributed by atoms with Crippen LogP contribution in [0.3, 0.4) is 0 Å². The minimum atomic E-state index is 1.38. The molecule has 13 heavy (non-hydrogen) atoms. The van der Waals surface area contributed by atoms with Crippen molar-refractivity contribution < 1.29 is 0 Å². The van der Waals surface area contributed by atoms with Gasteiger partial charge in [-0.1, -0.05) is 30.4 Å². The third kappa shape index (κ3) is 1.40. The monoisotopic (exact) mass is 188 g/mol.